The molecular weight excluding hydrogens is 182 g/mol. The molecule has 14 heavy (non-hydrogen) atoms. The molecule has 1 aliphatic rings. The Morgan fingerprint density at radius 1 is 1.43 bits per heavy atom. The Labute approximate surface area is 83.3 Å². The fraction of sp³-hybridized carbons (Fsp3) is 0.600. The number of rotatable bonds is 3. The normalized spacial score (nSPS) is 24.7. The zero-order valence-corrected chi connectivity index (χ0v) is 8.45. The highest BCUT2D eigenvalue weighted by molar-refractivity contribution is 5.73. The van der Waals surface area contributed by atoms with Crippen molar-refractivity contribution in [2.45, 2.75) is 26.3 Å². The summed E-state index contributed by atoms with van der Waals surface area (Å²) < 4.78 is 4.88. The van der Waals surface area contributed by atoms with Crippen molar-refractivity contribution < 1.29 is 14.3 Å². The van der Waals surface area contributed by atoms with E-state index in [1.165, 1.54) is 13.8 Å². The molecule has 0 aliphatic heterocycles. The maximum Gasteiger partial charge on any atom is 0.302 e. The van der Waals surface area contributed by atoms with E-state index in [0.717, 1.165) is 6.42 Å². The first-order chi connectivity index (χ1) is 6.58. The SMILES string of the molecule is CC(=O)N[C@@H]1C=C[C@H](COC(C)=O)C1. The number of esters is 1. The van der Waals surface area contributed by atoms with Crippen LogP contribution in [-0.4, -0.2) is 24.5 Å². The average molecular weight is 197 g/mol. The van der Waals surface area contributed by atoms with E-state index in [9.17, 15) is 9.59 Å². The maximum atomic E-state index is 10.7. The molecule has 0 saturated heterocycles. The molecule has 1 aliphatic carbocycles. The van der Waals surface area contributed by atoms with E-state index in [0.29, 0.717) is 6.61 Å². The number of nitrogens with one attached hydrogen (secondary N) is 1. The molecule has 0 radical (unpaired) electrons. The molecule has 2 atom stereocenters. The first-order valence-electron chi connectivity index (χ1n) is 4.66. The number of carbonyl (C=O) groups excluding carboxylic acids is 2. The number of carbonyl (C=O) groups is 2. The molecular formula is C10H15NO3. The summed E-state index contributed by atoms with van der Waals surface area (Å²) in [5, 5.41) is 2.79. The summed E-state index contributed by atoms with van der Waals surface area (Å²) in [5.41, 5.74) is 0. The number of amides is 1. The largest absolute Gasteiger partial charge is 0.465 e. The van der Waals surface area contributed by atoms with Gasteiger partial charge in [-0.15, -0.1) is 0 Å². The summed E-state index contributed by atoms with van der Waals surface area (Å²) in [7, 11) is 0. The van der Waals surface area contributed by atoms with E-state index >= 15 is 0 Å². The standard InChI is InChI=1S/C10H15NO3/c1-7(12)11-10-4-3-9(5-10)6-14-8(2)13/h3-4,9-10H,5-6H2,1-2H3,(H,11,12)/t9-,10+/m0/s1. The Balaban J connectivity index is 2.25. The Morgan fingerprint density at radius 3 is 2.71 bits per heavy atom. The van der Waals surface area contributed by atoms with Crippen LogP contribution in [0.1, 0.15) is 20.3 Å². The Morgan fingerprint density at radius 2 is 2.14 bits per heavy atom. The fourth-order valence-electron chi connectivity index (χ4n) is 1.49. The van der Waals surface area contributed by atoms with Gasteiger partial charge in [-0.1, -0.05) is 12.2 Å². The van der Waals surface area contributed by atoms with Crippen LogP contribution in [0.25, 0.3) is 0 Å². The van der Waals surface area contributed by atoms with E-state index < -0.39 is 0 Å². The summed E-state index contributed by atoms with van der Waals surface area (Å²) in [6.07, 6.45) is 4.73. The van der Waals surface area contributed by atoms with Crippen LogP contribution in [0.5, 0.6) is 0 Å². The van der Waals surface area contributed by atoms with E-state index in [1.54, 1.807) is 0 Å². The lowest BCUT2D eigenvalue weighted by atomic mass is 10.1. The Hall–Kier alpha value is -1.32. The molecule has 1 N–H and O–H groups in total. The van der Waals surface area contributed by atoms with Gasteiger partial charge in [0.2, 0.25) is 5.91 Å². The van der Waals surface area contributed by atoms with Gasteiger partial charge >= 0.3 is 5.97 Å². The van der Waals surface area contributed by atoms with Gasteiger partial charge in [-0.3, -0.25) is 9.59 Å². The molecule has 0 heterocycles. The van der Waals surface area contributed by atoms with Gasteiger partial charge in [-0.2, -0.15) is 0 Å². The smallest absolute Gasteiger partial charge is 0.302 e. The van der Waals surface area contributed by atoms with Gasteiger partial charge in [-0.05, 0) is 6.42 Å². The number of ether oxygens (including phenoxy) is 1. The van der Waals surface area contributed by atoms with Crippen molar-refractivity contribution in [2.75, 3.05) is 6.61 Å². The molecule has 1 rings (SSSR count). The second-order valence-electron chi connectivity index (χ2n) is 3.49. The number of hydrogen-bond donors (Lipinski definition) is 1. The topological polar surface area (TPSA) is 55.4 Å². The average Bonchev–Trinajstić information content (AvgIpc) is 2.47. The monoisotopic (exact) mass is 197 g/mol. The van der Waals surface area contributed by atoms with E-state index in [1.807, 2.05) is 12.2 Å². The van der Waals surface area contributed by atoms with Crippen molar-refractivity contribution in [2.24, 2.45) is 5.92 Å². The summed E-state index contributed by atoms with van der Waals surface area (Å²) >= 11 is 0. The van der Waals surface area contributed by atoms with E-state index in [2.05, 4.69) is 5.32 Å². The van der Waals surface area contributed by atoms with Gasteiger partial charge in [0.05, 0.1) is 6.61 Å². The van der Waals surface area contributed by atoms with Crippen LogP contribution in [-0.2, 0) is 14.3 Å². The van der Waals surface area contributed by atoms with Crippen LogP contribution in [0, 0.1) is 5.92 Å². The van der Waals surface area contributed by atoms with Crippen LogP contribution in [0.15, 0.2) is 12.2 Å². The predicted octanol–water partition coefficient (Wildman–Crippen LogP) is 0.630. The van der Waals surface area contributed by atoms with Crippen LogP contribution < -0.4 is 5.32 Å². The molecule has 0 bridgehead atoms. The second-order valence-corrected chi connectivity index (χ2v) is 3.49. The lowest BCUT2D eigenvalue weighted by Gasteiger charge is -2.12. The van der Waals surface area contributed by atoms with Crippen molar-refractivity contribution in [1.82, 2.24) is 5.32 Å². The third kappa shape index (κ3) is 3.60. The first kappa shape index (κ1) is 10.8. The molecule has 0 spiro atoms. The van der Waals surface area contributed by atoms with Gasteiger partial charge < -0.3 is 10.1 Å². The summed E-state index contributed by atoms with van der Waals surface area (Å²) in [6.45, 7) is 3.29. The molecule has 0 unspecified atom stereocenters. The highest BCUT2D eigenvalue weighted by atomic mass is 16.5. The third-order valence-electron chi connectivity index (χ3n) is 2.06. The van der Waals surface area contributed by atoms with E-state index in [4.69, 9.17) is 4.74 Å². The lowest BCUT2D eigenvalue weighted by Crippen LogP contribution is -2.30. The number of hydrogen-bond acceptors (Lipinski definition) is 3. The van der Waals surface area contributed by atoms with E-state index in [-0.39, 0.29) is 23.8 Å². The highest BCUT2D eigenvalue weighted by Gasteiger charge is 2.19. The van der Waals surface area contributed by atoms with Crippen LogP contribution in [0.2, 0.25) is 0 Å². The molecule has 0 fully saturated rings. The van der Waals surface area contributed by atoms with Gasteiger partial charge in [0, 0.05) is 25.8 Å². The van der Waals surface area contributed by atoms with Crippen LogP contribution in [0.4, 0.5) is 0 Å². The van der Waals surface area contributed by atoms with Crippen molar-refractivity contribution in [1.29, 1.82) is 0 Å². The van der Waals surface area contributed by atoms with Crippen molar-refractivity contribution in [3.8, 4) is 0 Å². The zero-order valence-electron chi connectivity index (χ0n) is 8.45. The molecule has 4 heteroatoms. The Kier molecular flexibility index (Phi) is 3.68. The third-order valence-corrected chi connectivity index (χ3v) is 2.06. The minimum Gasteiger partial charge on any atom is -0.465 e. The molecule has 0 aromatic rings. The van der Waals surface area contributed by atoms with Gasteiger partial charge in [0.15, 0.2) is 0 Å². The van der Waals surface area contributed by atoms with Crippen molar-refractivity contribution >= 4 is 11.9 Å². The minimum absolute atomic E-state index is 0.0345. The first-order valence-corrected chi connectivity index (χ1v) is 4.66. The summed E-state index contributed by atoms with van der Waals surface area (Å²) in [5.74, 6) is -0.0649. The zero-order chi connectivity index (χ0) is 10.6. The predicted molar refractivity (Wildman–Crippen MR) is 51.5 cm³/mol. The molecule has 0 saturated carbocycles. The van der Waals surface area contributed by atoms with Gasteiger partial charge in [0.1, 0.15) is 0 Å². The molecule has 78 valence electrons. The summed E-state index contributed by atoms with van der Waals surface area (Å²) in [4.78, 5) is 21.3. The van der Waals surface area contributed by atoms with Crippen LogP contribution >= 0.6 is 0 Å². The molecule has 0 aromatic heterocycles. The fourth-order valence-corrected chi connectivity index (χ4v) is 1.49. The Bertz CT molecular complexity index is 260. The summed E-state index contributed by atoms with van der Waals surface area (Å²) in [6, 6.07) is 0.0908. The molecule has 0 aromatic carbocycles. The van der Waals surface area contributed by atoms with Gasteiger partial charge in [-0.25, -0.2) is 0 Å². The van der Waals surface area contributed by atoms with Crippen LogP contribution in [0.3, 0.4) is 0 Å². The highest BCUT2D eigenvalue weighted by Crippen LogP contribution is 2.18. The molecule has 1 amide bonds. The quantitative estimate of drug-likeness (QED) is 0.533. The second kappa shape index (κ2) is 4.79. The van der Waals surface area contributed by atoms with Crippen molar-refractivity contribution in [3.63, 3.8) is 0 Å². The minimum atomic E-state index is -0.263. The van der Waals surface area contributed by atoms with Gasteiger partial charge in [0.25, 0.3) is 0 Å². The van der Waals surface area contributed by atoms with Crippen molar-refractivity contribution in [3.05, 3.63) is 12.2 Å². The molecule has 4 nitrogen and oxygen atoms in total. The lowest BCUT2D eigenvalue weighted by molar-refractivity contribution is -0.141. The maximum absolute atomic E-state index is 10.7.